The molecule has 0 aromatic heterocycles. The Bertz CT molecular complexity index is 134. The second kappa shape index (κ2) is 3.13. The Kier molecular flexibility index (Phi) is 3.00. The highest BCUT2D eigenvalue weighted by Gasteiger charge is 2.24. The first kappa shape index (κ1) is 9.59. The van der Waals surface area contributed by atoms with E-state index in [4.69, 9.17) is 0 Å². The van der Waals surface area contributed by atoms with E-state index in [-0.39, 0.29) is 5.92 Å². The maximum Gasteiger partial charge on any atom is 0.505 e. The van der Waals surface area contributed by atoms with Crippen LogP contribution >= 0.6 is 0 Å². The van der Waals surface area contributed by atoms with E-state index in [2.05, 4.69) is 0 Å². The average molecular weight is 151 g/mol. The van der Waals surface area contributed by atoms with Crippen molar-refractivity contribution in [1.82, 2.24) is 0 Å². The summed E-state index contributed by atoms with van der Waals surface area (Å²) in [6.45, 7) is -0.174. The van der Waals surface area contributed by atoms with Crippen molar-refractivity contribution < 1.29 is 12.9 Å². The SMILES string of the molecule is C/C(=C\C(C)C)[B-](F)(F)F. The van der Waals surface area contributed by atoms with Gasteiger partial charge in [0.05, 0.1) is 0 Å². The van der Waals surface area contributed by atoms with Gasteiger partial charge in [0.1, 0.15) is 0 Å². The number of halogens is 3. The lowest BCUT2D eigenvalue weighted by Gasteiger charge is -2.15. The number of allylic oxidation sites excluding steroid dienone is 2. The van der Waals surface area contributed by atoms with Crippen LogP contribution in [0.15, 0.2) is 11.5 Å². The van der Waals surface area contributed by atoms with Crippen molar-refractivity contribution in [2.24, 2.45) is 5.92 Å². The van der Waals surface area contributed by atoms with E-state index < -0.39 is 12.4 Å². The predicted molar refractivity (Wildman–Crippen MR) is 37.7 cm³/mol. The zero-order chi connectivity index (χ0) is 8.36. The van der Waals surface area contributed by atoms with E-state index in [0.717, 1.165) is 6.92 Å². The quantitative estimate of drug-likeness (QED) is 0.532. The van der Waals surface area contributed by atoms with Gasteiger partial charge in [0.2, 0.25) is 0 Å². The highest BCUT2D eigenvalue weighted by Crippen LogP contribution is 2.20. The van der Waals surface area contributed by atoms with Crippen molar-refractivity contribution in [3.63, 3.8) is 0 Å². The number of hydrogen-bond acceptors (Lipinski definition) is 0. The van der Waals surface area contributed by atoms with Crippen LogP contribution in [0.5, 0.6) is 0 Å². The summed E-state index contributed by atoms with van der Waals surface area (Å²) in [6.07, 6.45) is 1.24. The van der Waals surface area contributed by atoms with Gasteiger partial charge in [-0.1, -0.05) is 20.8 Å². The van der Waals surface area contributed by atoms with Crippen molar-refractivity contribution in [3.05, 3.63) is 11.5 Å². The van der Waals surface area contributed by atoms with Gasteiger partial charge in [-0.25, -0.2) is 0 Å². The highest BCUT2D eigenvalue weighted by molar-refractivity contribution is 6.66. The summed E-state index contributed by atoms with van der Waals surface area (Å²) in [5.74, 6) is -0.0245. The molecule has 0 fully saturated rings. The van der Waals surface area contributed by atoms with E-state index in [9.17, 15) is 12.9 Å². The Morgan fingerprint density at radius 3 is 1.80 bits per heavy atom. The Balaban J connectivity index is 4.20. The molecular weight excluding hydrogens is 140 g/mol. The molecule has 0 spiro atoms. The van der Waals surface area contributed by atoms with Gasteiger partial charge in [0.15, 0.2) is 0 Å². The third-order valence-corrected chi connectivity index (χ3v) is 1.11. The lowest BCUT2D eigenvalue weighted by atomic mass is 9.79. The molecule has 60 valence electrons. The first-order valence-corrected chi connectivity index (χ1v) is 3.22. The fourth-order valence-electron chi connectivity index (χ4n) is 0.635. The van der Waals surface area contributed by atoms with E-state index >= 15 is 0 Å². The minimum absolute atomic E-state index is 0.0245. The van der Waals surface area contributed by atoms with Crippen molar-refractivity contribution in [2.75, 3.05) is 0 Å². The Hall–Kier alpha value is -0.405. The van der Waals surface area contributed by atoms with Crippen LogP contribution in [0.25, 0.3) is 0 Å². The van der Waals surface area contributed by atoms with Crippen LogP contribution in [-0.2, 0) is 0 Å². The highest BCUT2D eigenvalue weighted by atomic mass is 19.4. The standard InChI is InChI=1S/C6H11BF3/c1-5(2)4-6(3)7(8,9)10/h4-5H,1-3H3/q-1/b6-4+. The third kappa shape index (κ3) is 3.59. The lowest BCUT2D eigenvalue weighted by molar-refractivity contribution is 0.489. The van der Waals surface area contributed by atoms with Gasteiger partial charge < -0.3 is 12.9 Å². The molecule has 0 N–H and O–H groups in total. The van der Waals surface area contributed by atoms with Crippen LogP contribution < -0.4 is 0 Å². The van der Waals surface area contributed by atoms with Crippen LogP contribution in [0.1, 0.15) is 20.8 Å². The zero-order valence-corrected chi connectivity index (χ0v) is 6.37. The van der Waals surface area contributed by atoms with Crippen molar-refractivity contribution in [3.8, 4) is 0 Å². The van der Waals surface area contributed by atoms with Gasteiger partial charge in [-0.15, -0.1) is 11.5 Å². The monoisotopic (exact) mass is 151 g/mol. The maximum atomic E-state index is 11.8. The largest absolute Gasteiger partial charge is 0.505 e. The van der Waals surface area contributed by atoms with Crippen molar-refractivity contribution in [2.45, 2.75) is 20.8 Å². The average Bonchev–Trinajstić information content (AvgIpc) is 1.60. The summed E-state index contributed by atoms with van der Waals surface area (Å²) in [6, 6.07) is 0. The number of rotatable bonds is 2. The summed E-state index contributed by atoms with van der Waals surface area (Å²) < 4.78 is 35.4. The second-order valence-corrected chi connectivity index (χ2v) is 2.73. The molecule has 0 heterocycles. The van der Waals surface area contributed by atoms with Crippen LogP contribution in [0.3, 0.4) is 0 Å². The summed E-state index contributed by atoms with van der Waals surface area (Å²) in [4.78, 5) is 0. The normalized spacial score (nSPS) is 14.5. The first-order valence-electron chi connectivity index (χ1n) is 3.22. The zero-order valence-electron chi connectivity index (χ0n) is 6.37. The van der Waals surface area contributed by atoms with Crippen molar-refractivity contribution >= 4 is 6.98 Å². The summed E-state index contributed by atoms with van der Waals surface area (Å²) in [5.41, 5.74) is -0.449. The predicted octanol–water partition coefficient (Wildman–Crippen LogP) is 2.98. The van der Waals surface area contributed by atoms with Gasteiger partial charge in [0.25, 0.3) is 0 Å². The summed E-state index contributed by atoms with van der Waals surface area (Å²) in [7, 11) is 0. The Morgan fingerprint density at radius 2 is 1.70 bits per heavy atom. The molecule has 0 amide bonds. The molecule has 10 heavy (non-hydrogen) atoms. The topological polar surface area (TPSA) is 0 Å². The minimum Gasteiger partial charge on any atom is -0.445 e. The minimum atomic E-state index is -4.74. The van der Waals surface area contributed by atoms with E-state index in [0.29, 0.717) is 0 Å². The Morgan fingerprint density at radius 1 is 1.30 bits per heavy atom. The first-order chi connectivity index (χ1) is 4.34. The van der Waals surface area contributed by atoms with E-state index in [1.54, 1.807) is 13.8 Å². The fraction of sp³-hybridized carbons (Fsp3) is 0.667. The second-order valence-electron chi connectivity index (χ2n) is 2.73. The van der Waals surface area contributed by atoms with E-state index in [1.165, 1.54) is 6.08 Å². The van der Waals surface area contributed by atoms with Gasteiger partial charge in [-0.2, -0.15) is 0 Å². The Labute approximate surface area is 59.2 Å². The van der Waals surface area contributed by atoms with Gasteiger partial charge in [-0.3, -0.25) is 0 Å². The molecule has 0 saturated heterocycles. The fourth-order valence-corrected chi connectivity index (χ4v) is 0.635. The van der Waals surface area contributed by atoms with Crippen LogP contribution in [0.4, 0.5) is 12.9 Å². The van der Waals surface area contributed by atoms with Gasteiger partial charge >= 0.3 is 6.98 Å². The molecule has 0 aliphatic heterocycles. The molecule has 4 heteroatoms. The molecule has 0 aromatic rings. The molecule has 0 atom stereocenters. The lowest BCUT2D eigenvalue weighted by Crippen LogP contribution is -2.17. The summed E-state index contributed by atoms with van der Waals surface area (Å²) >= 11 is 0. The van der Waals surface area contributed by atoms with Crippen molar-refractivity contribution in [1.29, 1.82) is 0 Å². The maximum absolute atomic E-state index is 11.8. The molecule has 0 aliphatic carbocycles. The molecule has 0 aliphatic rings. The number of hydrogen-bond donors (Lipinski definition) is 0. The molecule has 0 aromatic carbocycles. The van der Waals surface area contributed by atoms with E-state index in [1.807, 2.05) is 0 Å². The molecule has 0 nitrogen and oxygen atoms in total. The molecule has 0 saturated carbocycles. The molecule has 0 unspecified atom stereocenters. The van der Waals surface area contributed by atoms with Gasteiger partial charge in [-0.05, 0) is 5.92 Å². The van der Waals surface area contributed by atoms with Crippen LogP contribution in [-0.4, -0.2) is 6.98 Å². The smallest absolute Gasteiger partial charge is 0.445 e. The molecule has 0 bridgehead atoms. The summed E-state index contributed by atoms with van der Waals surface area (Å²) in [5, 5.41) is 0. The van der Waals surface area contributed by atoms with Crippen LogP contribution in [0, 0.1) is 5.92 Å². The van der Waals surface area contributed by atoms with Gasteiger partial charge in [0, 0.05) is 0 Å². The third-order valence-electron chi connectivity index (χ3n) is 1.11. The van der Waals surface area contributed by atoms with Crippen LogP contribution in [0.2, 0.25) is 0 Å². The molecule has 0 radical (unpaired) electrons. The molecule has 0 rings (SSSR count). The molecular formula is C6H11BF3-.